The van der Waals surface area contributed by atoms with Crippen LogP contribution in [-0.4, -0.2) is 27.4 Å². The van der Waals surface area contributed by atoms with E-state index < -0.39 is 0 Å². The highest BCUT2D eigenvalue weighted by Gasteiger charge is 2.10. The summed E-state index contributed by atoms with van der Waals surface area (Å²) in [5.41, 5.74) is 7.19. The lowest BCUT2D eigenvalue weighted by Gasteiger charge is -2.08. The summed E-state index contributed by atoms with van der Waals surface area (Å²) in [7, 11) is 0. The van der Waals surface area contributed by atoms with Crippen LogP contribution >= 0.6 is 12.2 Å². The van der Waals surface area contributed by atoms with Crippen LogP contribution in [0.2, 0.25) is 0 Å². The van der Waals surface area contributed by atoms with Gasteiger partial charge in [0.25, 0.3) is 0 Å². The first kappa shape index (κ1) is 16.2. The van der Waals surface area contributed by atoms with Crippen LogP contribution in [0.1, 0.15) is 29.4 Å². The van der Waals surface area contributed by atoms with Crippen LogP contribution in [0.3, 0.4) is 0 Å². The number of nitrogens with one attached hydrogen (secondary N) is 2. The van der Waals surface area contributed by atoms with Crippen molar-refractivity contribution in [3.05, 3.63) is 46.9 Å². The van der Waals surface area contributed by atoms with E-state index in [0.717, 1.165) is 34.9 Å². The molecule has 0 spiro atoms. The zero-order valence-electron chi connectivity index (χ0n) is 13.3. The Labute approximate surface area is 136 Å². The van der Waals surface area contributed by atoms with Gasteiger partial charge >= 0.3 is 0 Å². The van der Waals surface area contributed by atoms with Gasteiger partial charge < -0.3 is 9.88 Å². The quantitative estimate of drug-likeness (QED) is 0.517. The lowest BCUT2D eigenvalue weighted by atomic mass is 10.3. The number of rotatable bonds is 4. The van der Waals surface area contributed by atoms with Crippen LogP contribution in [0.5, 0.6) is 0 Å². The maximum absolute atomic E-state index is 5.07. The highest BCUT2D eigenvalue weighted by Crippen LogP contribution is 2.18. The number of hydrogen-bond acceptors (Lipinski definition) is 3. The molecule has 22 heavy (non-hydrogen) atoms. The number of aryl methyl sites for hydroxylation is 2. The van der Waals surface area contributed by atoms with Gasteiger partial charge in [0.15, 0.2) is 5.11 Å². The van der Waals surface area contributed by atoms with Gasteiger partial charge in [0.1, 0.15) is 5.82 Å². The maximum atomic E-state index is 5.07. The molecule has 0 amide bonds. The average Bonchev–Trinajstić information content (AvgIpc) is 2.75. The van der Waals surface area contributed by atoms with E-state index in [0.29, 0.717) is 5.11 Å². The fourth-order valence-electron chi connectivity index (χ4n) is 2.22. The molecule has 116 valence electrons. The van der Waals surface area contributed by atoms with E-state index in [4.69, 9.17) is 12.2 Å². The summed E-state index contributed by atoms with van der Waals surface area (Å²) in [5, 5.41) is 7.68. The Morgan fingerprint density at radius 3 is 2.77 bits per heavy atom. The van der Waals surface area contributed by atoms with Crippen LogP contribution in [-0.2, 0) is 0 Å². The van der Waals surface area contributed by atoms with Crippen LogP contribution in [0.15, 0.2) is 29.5 Å². The topological polar surface area (TPSA) is 54.2 Å². The molecular weight excluding hydrogens is 294 g/mol. The van der Waals surface area contributed by atoms with Gasteiger partial charge in [-0.15, -0.1) is 0 Å². The van der Waals surface area contributed by atoms with Gasteiger partial charge in [-0.2, -0.15) is 5.10 Å². The van der Waals surface area contributed by atoms with E-state index in [1.807, 2.05) is 26.1 Å². The SMILES string of the molecule is CCNC(=S)NN=Cc1cc(C)n(-c2ccc(C)cn2)c1C. The van der Waals surface area contributed by atoms with E-state index in [1.54, 1.807) is 6.21 Å². The zero-order chi connectivity index (χ0) is 16.1. The molecule has 0 unspecified atom stereocenters. The second kappa shape index (κ2) is 7.17. The van der Waals surface area contributed by atoms with Gasteiger partial charge in [-0.25, -0.2) is 4.98 Å². The van der Waals surface area contributed by atoms with Crippen molar-refractivity contribution in [1.29, 1.82) is 0 Å². The highest BCUT2D eigenvalue weighted by atomic mass is 32.1. The second-order valence-corrected chi connectivity index (χ2v) is 5.49. The molecule has 2 aromatic heterocycles. The van der Waals surface area contributed by atoms with Crippen LogP contribution < -0.4 is 10.7 Å². The van der Waals surface area contributed by atoms with Crippen molar-refractivity contribution in [1.82, 2.24) is 20.3 Å². The molecular formula is C16H21N5S. The number of hydrazone groups is 1. The Balaban J connectivity index is 2.22. The van der Waals surface area contributed by atoms with Crippen molar-refractivity contribution in [2.75, 3.05) is 6.54 Å². The lowest BCUT2D eigenvalue weighted by Crippen LogP contribution is -2.31. The summed E-state index contributed by atoms with van der Waals surface area (Å²) < 4.78 is 2.11. The molecule has 0 radical (unpaired) electrons. The number of thiocarbonyl (C=S) groups is 1. The molecule has 0 aliphatic heterocycles. The first-order valence-electron chi connectivity index (χ1n) is 7.21. The van der Waals surface area contributed by atoms with Crippen LogP contribution in [0.25, 0.3) is 5.82 Å². The number of pyridine rings is 1. The largest absolute Gasteiger partial charge is 0.362 e. The number of nitrogens with zero attached hydrogens (tertiary/aromatic N) is 3. The van der Waals surface area contributed by atoms with E-state index in [9.17, 15) is 0 Å². The van der Waals surface area contributed by atoms with Crippen molar-refractivity contribution in [2.24, 2.45) is 5.10 Å². The van der Waals surface area contributed by atoms with Crippen molar-refractivity contribution in [3.8, 4) is 5.82 Å². The third-order valence-electron chi connectivity index (χ3n) is 3.30. The summed E-state index contributed by atoms with van der Waals surface area (Å²) in [5.74, 6) is 0.913. The molecule has 0 atom stereocenters. The van der Waals surface area contributed by atoms with Gasteiger partial charge in [0.2, 0.25) is 0 Å². The first-order valence-corrected chi connectivity index (χ1v) is 7.62. The zero-order valence-corrected chi connectivity index (χ0v) is 14.2. The molecule has 5 nitrogen and oxygen atoms in total. The van der Waals surface area contributed by atoms with Gasteiger partial charge in [0.05, 0.1) is 6.21 Å². The Bertz CT molecular complexity index is 685. The number of hydrogen-bond donors (Lipinski definition) is 2. The van der Waals surface area contributed by atoms with Crippen LogP contribution in [0, 0.1) is 20.8 Å². The van der Waals surface area contributed by atoms with E-state index in [2.05, 4.69) is 51.4 Å². The lowest BCUT2D eigenvalue weighted by molar-refractivity contribution is 0.902. The summed E-state index contributed by atoms with van der Waals surface area (Å²) >= 11 is 5.07. The third-order valence-corrected chi connectivity index (χ3v) is 3.54. The minimum absolute atomic E-state index is 0.521. The minimum atomic E-state index is 0.521. The molecule has 0 aliphatic rings. The van der Waals surface area contributed by atoms with Crippen molar-refractivity contribution in [3.63, 3.8) is 0 Å². The predicted octanol–water partition coefficient (Wildman–Crippen LogP) is 2.62. The molecule has 0 saturated heterocycles. The fourth-order valence-corrected chi connectivity index (χ4v) is 2.42. The summed E-state index contributed by atoms with van der Waals surface area (Å²) in [6.07, 6.45) is 3.65. The minimum Gasteiger partial charge on any atom is -0.362 e. The Morgan fingerprint density at radius 2 is 2.14 bits per heavy atom. The molecule has 6 heteroatoms. The van der Waals surface area contributed by atoms with E-state index in [-0.39, 0.29) is 0 Å². The first-order chi connectivity index (χ1) is 10.5. The van der Waals surface area contributed by atoms with Crippen molar-refractivity contribution < 1.29 is 0 Å². The smallest absolute Gasteiger partial charge is 0.186 e. The Kier molecular flexibility index (Phi) is 5.27. The molecule has 2 N–H and O–H groups in total. The molecule has 2 rings (SSSR count). The Hall–Kier alpha value is -2.21. The van der Waals surface area contributed by atoms with Gasteiger partial charge in [-0.05, 0) is 57.6 Å². The van der Waals surface area contributed by atoms with E-state index >= 15 is 0 Å². The van der Waals surface area contributed by atoms with Gasteiger partial charge in [0, 0.05) is 29.7 Å². The molecule has 0 aromatic carbocycles. The summed E-state index contributed by atoms with van der Waals surface area (Å²) in [4.78, 5) is 4.49. The van der Waals surface area contributed by atoms with Crippen LogP contribution in [0.4, 0.5) is 0 Å². The normalized spacial score (nSPS) is 10.9. The standard InChI is InChI=1S/C16H21N5S/c1-5-17-16(22)20-19-10-14-8-12(3)21(13(14)4)15-7-6-11(2)9-18-15/h6-10H,5H2,1-4H3,(H2,17,20,22). The average molecular weight is 315 g/mol. The molecule has 2 heterocycles. The Morgan fingerprint density at radius 1 is 1.36 bits per heavy atom. The van der Waals surface area contributed by atoms with Crippen molar-refractivity contribution >= 4 is 23.5 Å². The molecule has 0 aliphatic carbocycles. The maximum Gasteiger partial charge on any atom is 0.186 e. The fraction of sp³-hybridized carbons (Fsp3) is 0.312. The predicted molar refractivity (Wildman–Crippen MR) is 94.8 cm³/mol. The highest BCUT2D eigenvalue weighted by molar-refractivity contribution is 7.80. The molecule has 0 bridgehead atoms. The van der Waals surface area contributed by atoms with Gasteiger partial charge in [-0.1, -0.05) is 6.07 Å². The second-order valence-electron chi connectivity index (χ2n) is 5.09. The molecule has 2 aromatic rings. The number of aromatic nitrogens is 2. The molecule has 0 saturated carbocycles. The van der Waals surface area contributed by atoms with E-state index in [1.165, 1.54) is 0 Å². The summed E-state index contributed by atoms with van der Waals surface area (Å²) in [6.45, 7) is 8.90. The third kappa shape index (κ3) is 3.71. The van der Waals surface area contributed by atoms with Gasteiger partial charge in [-0.3, -0.25) is 5.43 Å². The summed E-state index contributed by atoms with van der Waals surface area (Å²) in [6, 6.07) is 6.17. The van der Waals surface area contributed by atoms with Crippen molar-refractivity contribution in [2.45, 2.75) is 27.7 Å². The monoisotopic (exact) mass is 315 g/mol. The molecule has 0 fully saturated rings.